The van der Waals surface area contributed by atoms with Gasteiger partial charge in [-0.1, -0.05) is 30.3 Å². The summed E-state index contributed by atoms with van der Waals surface area (Å²) in [6.45, 7) is 6.91. The Labute approximate surface area is 120 Å². The Balaban J connectivity index is 1.67. The van der Waals surface area contributed by atoms with Crippen LogP contribution in [0, 0.1) is 0 Å². The first kappa shape index (κ1) is 14.8. The second-order valence-electron chi connectivity index (χ2n) is 5.30. The van der Waals surface area contributed by atoms with E-state index < -0.39 is 0 Å². The van der Waals surface area contributed by atoms with Crippen molar-refractivity contribution in [2.45, 2.75) is 32.6 Å². The van der Waals surface area contributed by atoms with Crippen LogP contribution in [0.3, 0.4) is 0 Å². The number of benzene rings is 1. The van der Waals surface area contributed by atoms with Crippen LogP contribution >= 0.6 is 0 Å². The maximum Gasteiger partial charge on any atom is 0.316 e. The number of hydrogen-bond donors (Lipinski definition) is 2. The number of rotatable bonds is 4. The van der Waals surface area contributed by atoms with Crippen LogP contribution in [0.2, 0.25) is 0 Å². The fourth-order valence-corrected chi connectivity index (χ4v) is 2.44. The van der Waals surface area contributed by atoms with Gasteiger partial charge in [-0.3, -0.25) is 4.90 Å². The molecule has 2 N–H and O–H groups in total. The zero-order valence-electron chi connectivity index (χ0n) is 12.1. The summed E-state index contributed by atoms with van der Waals surface area (Å²) in [4.78, 5) is 13.9. The van der Waals surface area contributed by atoms with Crippen molar-refractivity contribution < 1.29 is 9.53 Å². The summed E-state index contributed by atoms with van der Waals surface area (Å²) in [5, 5.41) is 5.74. The molecule has 1 aliphatic heterocycles. The molecule has 1 aromatic carbocycles. The third kappa shape index (κ3) is 4.83. The predicted molar refractivity (Wildman–Crippen MR) is 78.3 cm³/mol. The van der Waals surface area contributed by atoms with E-state index in [1.165, 1.54) is 0 Å². The Kier molecular flexibility index (Phi) is 5.38. The van der Waals surface area contributed by atoms with Gasteiger partial charge in [-0.2, -0.15) is 0 Å². The van der Waals surface area contributed by atoms with Gasteiger partial charge in [0.2, 0.25) is 0 Å². The van der Waals surface area contributed by atoms with Gasteiger partial charge in [0, 0.05) is 19.6 Å². The highest BCUT2D eigenvalue weighted by Gasteiger charge is 2.21. The maximum absolute atomic E-state index is 11.7. The summed E-state index contributed by atoms with van der Waals surface area (Å²) in [5.41, 5.74) is 1.09. The number of nitrogens with zero attached hydrogens (tertiary/aromatic N) is 1. The molecule has 1 aromatic rings. The zero-order chi connectivity index (χ0) is 14.4. The van der Waals surface area contributed by atoms with E-state index in [0.717, 1.165) is 18.7 Å². The van der Waals surface area contributed by atoms with E-state index in [1.54, 1.807) is 0 Å². The molecular weight excluding hydrogens is 254 g/mol. The van der Waals surface area contributed by atoms with Gasteiger partial charge in [-0.15, -0.1) is 0 Å². The van der Waals surface area contributed by atoms with Gasteiger partial charge in [0.15, 0.2) is 0 Å². The Hall–Kier alpha value is -1.59. The van der Waals surface area contributed by atoms with E-state index in [9.17, 15) is 4.79 Å². The normalized spacial score (nSPS) is 23.3. The highest BCUT2D eigenvalue weighted by Crippen LogP contribution is 2.09. The molecule has 2 rings (SSSR count). The molecule has 2 atom stereocenters. The van der Waals surface area contributed by atoms with Crippen molar-refractivity contribution in [2.24, 2.45) is 0 Å². The third-order valence-corrected chi connectivity index (χ3v) is 3.25. The summed E-state index contributed by atoms with van der Waals surface area (Å²) in [6.07, 6.45) is 0.431. The molecule has 0 bridgehead atoms. The third-order valence-electron chi connectivity index (χ3n) is 3.25. The highest BCUT2D eigenvalue weighted by molar-refractivity contribution is 5.73. The Morgan fingerprint density at radius 2 is 1.85 bits per heavy atom. The molecule has 1 saturated heterocycles. The largest absolute Gasteiger partial charge is 0.373 e. The molecule has 1 fully saturated rings. The van der Waals surface area contributed by atoms with Crippen molar-refractivity contribution in [3.63, 3.8) is 0 Å². The number of morpholine rings is 1. The maximum atomic E-state index is 11.7. The summed E-state index contributed by atoms with van der Waals surface area (Å²) in [6, 6.07) is 9.74. The van der Waals surface area contributed by atoms with Gasteiger partial charge in [-0.25, -0.2) is 4.79 Å². The van der Waals surface area contributed by atoms with Crippen LogP contribution in [0.15, 0.2) is 30.3 Å². The fourth-order valence-electron chi connectivity index (χ4n) is 2.44. The second-order valence-corrected chi connectivity index (χ2v) is 5.30. The van der Waals surface area contributed by atoms with Crippen LogP contribution in [0.4, 0.5) is 4.79 Å². The Morgan fingerprint density at radius 3 is 2.50 bits per heavy atom. The molecule has 20 heavy (non-hydrogen) atoms. The fraction of sp³-hybridized carbons (Fsp3) is 0.533. The van der Waals surface area contributed by atoms with Gasteiger partial charge >= 0.3 is 6.03 Å². The van der Waals surface area contributed by atoms with Crippen LogP contribution in [0.25, 0.3) is 0 Å². The first-order valence-electron chi connectivity index (χ1n) is 7.07. The molecule has 5 nitrogen and oxygen atoms in total. The molecule has 0 saturated carbocycles. The smallest absolute Gasteiger partial charge is 0.316 e. The van der Waals surface area contributed by atoms with E-state index >= 15 is 0 Å². The van der Waals surface area contributed by atoms with Gasteiger partial charge in [-0.05, 0) is 19.4 Å². The number of amides is 2. The van der Waals surface area contributed by atoms with Crippen molar-refractivity contribution in [3.05, 3.63) is 35.9 Å². The Morgan fingerprint density at radius 1 is 1.20 bits per heavy atom. The van der Waals surface area contributed by atoms with Crippen LogP contribution in [0.5, 0.6) is 0 Å². The molecule has 0 spiro atoms. The number of ether oxygens (including phenoxy) is 1. The quantitative estimate of drug-likeness (QED) is 0.878. The lowest BCUT2D eigenvalue weighted by Gasteiger charge is -2.35. The second kappa shape index (κ2) is 7.26. The molecule has 0 aromatic heterocycles. The number of carbonyl (C=O) groups excluding carboxylic acids is 1. The average Bonchev–Trinajstić information content (AvgIpc) is 2.43. The van der Waals surface area contributed by atoms with Crippen LogP contribution in [-0.2, 0) is 11.3 Å². The zero-order valence-corrected chi connectivity index (χ0v) is 12.1. The Bertz CT molecular complexity index is 414. The molecule has 1 heterocycles. The number of hydrogen-bond acceptors (Lipinski definition) is 3. The van der Waals surface area contributed by atoms with Crippen LogP contribution in [-0.4, -0.2) is 42.9 Å². The van der Waals surface area contributed by atoms with E-state index in [4.69, 9.17) is 4.74 Å². The lowest BCUT2D eigenvalue weighted by molar-refractivity contribution is -0.0689. The first-order chi connectivity index (χ1) is 9.63. The number of urea groups is 1. The van der Waals surface area contributed by atoms with Crippen molar-refractivity contribution in [2.75, 3.05) is 19.8 Å². The number of nitrogens with one attached hydrogen (secondary N) is 2. The lowest BCUT2D eigenvalue weighted by Crippen LogP contribution is -2.51. The molecular formula is C15H23N3O2. The SMILES string of the molecule is C[C@@H]1CN(CNC(=O)NCc2ccccc2)C[C@@H](C)O1. The van der Waals surface area contributed by atoms with E-state index in [-0.39, 0.29) is 18.2 Å². The summed E-state index contributed by atoms with van der Waals surface area (Å²) in [5.74, 6) is 0. The molecule has 110 valence electrons. The summed E-state index contributed by atoms with van der Waals surface area (Å²) >= 11 is 0. The van der Waals surface area contributed by atoms with Gasteiger partial charge < -0.3 is 15.4 Å². The van der Waals surface area contributed by atoms with Crippen molar-refractivity contribution in [1.82, 2.24) is 15.5 Å². The predicted octanol–water partition coefficient (Wildman–Crippen LogP) is 1.55. The van der Waals surface area contributed by atoms with Gasteiger partial charge in [0.1, 0.15) is 0 Å². The minimum absolute atomic E-state index is 0.138. The van der Waals surface area contributed by atoms with Crippen molar-refractivity contribution >= 4 is 6.03 Å². The van der Waals surface area contributed by atoms with Crippen LogP contribution in [0.1, 0.15) is 19.4 Å². The standard InChI is InChI=1S/C15H23N3O2/c1-12-9-18(10-13(2)20-12)11-17-15(19)16-8-14-6-4-3-5-7-14/h3-7,12-13H,8-11H2,1-2H3,(H2,16,17,19)/t12-,13-/m1/s1. The van der Waals surface area contributed by atoms with Gasteiger partial charge in [0.05, 0.1) is 18.9 Å². The minimum atomic E-state index is -0.138. The number of carbonyl (C=O) groups is 1. The minimum Gasteiger partial charge on any atom is -0.373 e. The van der Waals surface area contributed by atoms with E-state index in [0.29, 0.717) is 13.2 Å². The van der Waals surface area contributed by atoms with Crippen molar-refractivity contribution in [1.29, 1.82) is 0 Å². The molecule has 1 aliphatic rings. The average molecular weight is 277 g/mol. The van der Waals surface area contributed by atoms with E-state index in [2.05, 4.69) is 29.4 Å². The highest BCUT2D eigenvalue weighted by atomic mass is 16.5. The lowest BCUT2D eigenvalue weighted by atomic mass is 10.2. The van der Waals surface area contributed by atoms with Crippen LogP contribution < -0.4 is 10.6 Å². The summed E-state index contributed by atoms with van der Waals surface area (Å²) < 4.78 is 5.66. The topological polar surface area (TPSA) is 53.6 Å². The molecule has 2 amide bonds. The van der Waals surface area contributed by atoms with E-state index in [1.807, 2.05) is 30.3 Å². The van der Waals surface area contributed by atoms with Crippen molar-refractivity contribution in [3.8, 4) is 0 Å². The monoisotopic (exact) mass is 277 g/mol. The molecule has 0 unspecified atom stereocenters. The summed E-state index contributed by atoms with van der Waals surface area (Å²) in [7, 11) is 0. The molecule has 5 heteroatoms. The molecule has 0 aliphatic carbocycles. The molecule has 0 radical (unpaired) electrons. The van der Waals surface area contributed by atoms with Gasteiger partial charge in [0.25, 0.3) is 0 Å². The first-order valence-corrected chi connectivity index (χ1v) is 7.07.